The fourth-order valence-corrected chi connectivity index (χ4v) is 3.46. The monoisotopic (exact) mass is 233 g/mol. The minimum Gasteiger partial charge on any atom is -0.301 e. The van der Waals surface area contributed by atoms with Gasteiger partial charge in [0.25, 0.3) is 0 Å². The molecule has 1 nitrogen and oxygen atoms in total. The van der Waals surface area contributed by atoms with Crippen LogP contribution in [0.5, 0.6) is 0 Å². The Labute approximate surface area is 102 Å². The van der Waals surface area contributed by atoms with Gasteiger partial charge in [0.1, 0.15) is 0 Å². The number of nitrogens with one attached hydrogen (secondary N) is 1. The Morgan fingerprint density at radius 2 is 1.81 bits per heavy atom. The standard InChI is InChI=1S/C14H19NS/c1-10-8-15-14(16-9-10)13-6-4-12(5-7-13)11-2-3-11/h4-7,10-11,14-15H,2-3,8-9H2,1H3. The minimum atomic E-state index is 0.518. The first-order valence-corrected chi connectivity index (χ1v) is 7.32. The van der Waals surface area contributed by atoms with Crippen LogP contribution < -0.4 is 5.32 Å². The summed E-state index contributed by atoms with van der Waals surface area (Å²) in [4.78, 5) is 0. The first kappa shape index (κ1) is 10.7. The molecule has 3 rings (SSSR count). The number of hydrogen-bond acceptors (Lipinski definition) is 2. The average molecular weight is 233 g/mol. The number of benzene rings is 1. The lowest BCUT2D eigenvalue weighted by Crippen LogP contribution is -2.31. The predicted octanol–water partition coefficient (Wildman–Crippen LogP) is 3.54. The lowest BCUT2D eigenvalue weighted by atomic mass is 10.1. The van der Waals surface area contributed by atoms with Crippen LogP contribution >= 0.6 is 11.8 Å². The van der Waals surface area contributed by atoms with Gasteiger partial charge in [-0.1, -0.05) is 31.2 Å². The largest absolute Gasteiger partial charge is 0.301 e. The quantitative estimate of drug-likeness (QED) is 0.838. The van der Waals surface area contributed by atoms with Crippen molar-refractivity contribution in [2.24, 2.45) is 5.92 Å². The highest BCUT2D eigenvalue weighted by atomic mass is 32.2. The molecule has 2 unspecified atom stereocenters. The molecule has 1 heterocycles. The maximum Gasteiger partial charge on any atom is 0.0789 e. The third-order valence-corrected chi connectivity index (χ3v) is 5.02. The van der Waals surface area contributed by atoms with Crippen molar-refractivity contribution in [3.8, 4) is 0 Å². The Morgan fingerprint density at radius 3 is 2.38 bits per heavy atom. The zero-order chi connectivity index (χ0) is 11.0. The third kappa shape index (κ3) is 2.28. The van der Waals surface area contributed by atoms with Gasteiger partial charge in [-0.15, -0.1) is 11.8 Å². The SMILES string of the molecule is CC1CNC(c2ccc(C3CC3)cc2)SC1. The van der Waals surface area contributed by atoms with E-state index in [2.05, 4.69) is 36.5 Å². The molecule has 1 saturated heterocycles. The van der Waals surface area contributed by atoms with Gasteiger partial charge in [0, 0.05) is 0 Å². The van der Waals surface area contributed by atoms with E-state index < -0.39 is 0 Å². The molecule has 1 aliphatic carbocycles. The molecule has 2 atom stereocenters. The summed E-state index contributed by atoms with van der Waals surface area (Å²) >= 11 is 2.04. The van der Waals surface area contributed by atoms with Crippen LogP contribution in [0.4, 0.5) is 0 Å². The molecule has 2 fully saturated rings. The van der Waals surface area contributed by atoms with Crippen molar-refractivity contribution in [2.45, 2.75) is 31.1 Å². The zero-order valence-electron chi connectivity index (χ0n) is 9.78. The molecule has 0 radical (unpaired) electrons. The molecule has 1 aliphatic heterocycles. The Morgan fingerprint density at radius 1 is 1.12 bits per heavy atom. The summed E-state index contributed by atoms with van der Waals surface area (Å²) in [6.07, 6.45) is 2.79. The molecule has 1 N–H and O–H groups in total. The molecule has 0 spiro atoms. The molecular weight excluding hydrogens is 214 g/mol. The fraction of sp³-hybridized carbons (Fsp3) is 0.571. The van der Waals surface area contributed by atoms with Gasteiger partial charge < -0.3 is 5.32 Å². The van der Waals surface area contributed by atoms with E-state index in [9.17, 15) is 0 Å². The summed E-state index contributed by atoms with van der Waals surface area (Å²) in [6.45, 7) is 3.47. The normalized spacial score (nSPS) is 30.3. The second-order valence-electron chi connectivity index (χ2n) is 5.17. The van der Waals surface area contributed by atoms with Crippen LogP contribution in [0.25, 0.3) is 0 Å². The summed E-state index contributed by atoms with van der Waals surface area (Å²) in [5, 5.41) is 4.13. The summed E-state index contributed by atoms with van der Waals surface area (Å²) in [5.41, 5.74) is 2.99. The molecule has 2 heteroatoms. The molecular formula is C14H19NS. The van der Waals surface area contributed by atoms with Gasteiger partial charge in [0.15, 0.2) is 0 Å². The van der Waals surface area contributed by atoms with E-state index >= 15 is 0 Å². The second kappa shape index (κ2) is 4.42. The van der Waals surface area contributed by atoms with Gasteiger partial charge in [-0.3, -0.25) is 0 Å². The van der Waals surface area contributed by atoms with Crippen LogP contribution in [0.15, 0.2) is 24.3 Å². The maximum absolute atomic E-state index is 3.61. The average Bonchev–Trinajstić information content (AvgIpc) is 3.14. The molecule has 1 aromatic rings. The summed E-state index contributed by atoms with van der Waals surface area (Å²) in [5.74, 6) is 2.97. The van der Waals surface area contributed by atoms with E-state index in [1.165, 1.54) is 29.7 Å². The third-order valence-electron chi connectivity index (χ3n) is 3.49. The highest BCUT2D eigenvalue weighted by Crippen LogP contribution is 2.40. The van der Waals surface area contributed by atoms with Gasteiger partial charge >= 0.3 is 0 Å². The van der Waals surface area contributed by atoms with Gasteiger partial charge in [0.05, 0.1) is 5.37 Å². The maximum atomic E-state index is 3.61. The lowest BCUT2D eigenvalue weighted by molar-refractivity contribution is 0.529. The molecule has 1 saturated carbocycles. The molecule has 0 aromatic heterocycles. The number of hydrogen-bond donors (Lipinski definition) is 1. The molecule has 0 bridgehead atoms. The van der Waals surface area contributed by atoms with Gasteiger partial charge in [-0.05, 0) is 48.1 Å². The van der Waals surface area contributed by atoms with Gasteiger partial charge in [0.2, 0.25) is 0 Å². The molecule has 16 heavy (non-hydrogen) atoms. The van der Waals surface area contributed by atoms with Crippen LogP contribution in [0.1, 0.15) is 42.2 Å². The van der Waals surface area contributed by atoms with Crippen molar-refractivity contribution in [1.29, 1.82) is 0 Å². The Bertz CT molecular complexity index is 348. The Kier molecular flexibility index (Phi) is 2.95. The van der Waals surface area contributed by atoms with Crippen molar-refractivity contribution < 1.29 is 0 Å². The van der Waals surface area contributed by atoms with E-state index in [0.29, 0.717) is 5.37 Å². The Balaban J connectivity index is 1.69. The topological polar surface area (TPSA) is 12.0 Å². The van der Waals surface area contributed by atoms with Crippen molar-refractivity contribution in [2.75, 3.05) is 12.3 Å². The van der Waals surface area contributed by atoms with E-state index in [1.54, 1.807) is 0 Å². The molecule has 1 aromatic carbocycles. The van der Waals surface area contributed by atoms with Crippen molar-refractivity contribution in [3.05, 3.63) is 35.4 Å². The van der Waals surface area contributed by atoms with Gasteiger partial charge in [-0.25, -0.2) is 0 Å². The molecule has 2 aliphatic rings. The van der Waals surface area contributed by atoms with Gasteiger partial charge in [-0.2, -0.15) is 0 Å². The zero-order valence-corrected chi connectivity index (χ0v) is 10.6. The fourth-order valence-electron chi connectivity index (χ4n) is 2.26. The van der Waals surface area contributed by atoms with Crippen molar-refractivity contribution in [1.82, 2.24) is 5.32 Å². The minimum absolute atomic E-state index is 0.518. The highest BCUT2D eigenvalue weighted by Gasteiger charge is 2.24. The van der Waals surface area contributed by atoms with Crippen LogP contribution in [-0.2, 0) is 0 Å². The van der Waals surface area contributed by atoms with Crippen LogP contribution in [0, 0.1) is 5.92 Å². The molecule has 86 valence electrons. The van der Waals surface area contributed by atoms with E-state index in [4.69, 9.17) is 0 Å². The van der Waals surface area contributed by atoms with Crippen molar-refractivity contribution in [3.63, 3.8) is 0 Å². The van der Waals surface area contributed by atoms with Crippen LogP contribution in [0.2, 0.25) is 0 Å². The van der Waals surface area contributed by atoms with Crippen LogP contribution in [-0.4, -0.2) is 12.3 Å². The lowest BCUT2D eigenvalue weighted by Gasteiger charge is -2.27. The Hall–Kier alpha value is -0.470. The number of rotatable bonds is 2. The summed E-state index contributed by atoms with van der Waals surface area (Å²) < 4.78 is 0. The summed E-state index contributed by atoms with van der Waals surface area (Å²) in [6, 6.07) is 9.28. The van der Waals surface area contributed by atoms with E-state index in [-0.39, 0.29) is 0 Å². The predicted molar refractivity (Wildman–Crippen MR) is 70.8 cm³/mol. The highest BCUT2D eigenvalue weighted by molar-refractivity contribution is 7.99. The first-order chi connectivity index (χ1) is 7.83. The smallest absolute Gasteiger partial charge is 0.0789 e. The van der Waals surface area contributed by atoms with Crippen LogP contribution in [0.3, 0.4) is 0 Å². The summed E-state index contributed by atoms with van der Waals surface area (Å²) in [7, 11) is 0. The second-order valence-corrected chi connectivity index (χ2v) is 6.31. The van der Waals surface area contributed by atoms with E-state index in [1.807, 2.05) is 11.8 Å². The number of thioether (sulfide) groups is 1. The van der Waals surface area contributed by atoms with Crippen molar-refractivity contribution >= 4 is 11.8 Å². The van der Waals surface area contributed by atoms with E-state index in [0.717, 1.165) is 18.4 Å². The molecule has 0 amide bonds. The first-order valence-electron chi connectivity index (χ1n) is 6.28.